The molecule has 2 aromatic rings. The molecular formula is C15H16Cl2N2O. The summed E-state index contributed by atoms with van der Waals surface area (Å²) in [6.45, 7) is 0. The van der Waals surface area contributed by atoms with Gasteiger partial charge in [0.15, 0.2) is 0 Å². The lowest BCUT2D eigenvalue weighted by atomic mass is 10.1. The summed E-state index contributed by atoms with van der Waals surface area (Å²) in [6.07, 6.45) is 2.96. The standard InChI is InChI=1S/C15H15ClN2O.ClH/c1-19-12-5-10(4-11(16)6-12)15-3-2-9(8-18-15)13-7-14(13)17;/h2-6,8,13-14H,7,17H2,1H3;1H/t13-,14+;/m0./s1. The molecule has 3 nitrogen and oxygen atoms in total. The van der Waals surface area contributed by atoms with E-state index in [4.69, 9.17) is 22.1 Å². The van der Waals surface area contributed by atoms with Crippen LogP contribution in [0.2, 0.25) is 5.02 Å². The lowest BCUT2D eigenvalue weighted by molar-refractivity contribution is 0.415. The van der Waals surface area contributed by atoms with Gasteiger partial charge in [0.25, 0.3) is 0 Å². The number of hydrogen-bond donors (Lipinski definition) is 1. The molecule has 0 amide bonds. The summed E-state index contributed by atoms with van der Waals surface area (Å²) >= 11 is 6.07. The summed E-state index contributed by atoms with van der Waals surface area (Å²) in [4.78, 5) is 4.49. The smallest absolute Gasteiger partial charge is 0.121 e. The summed E-state index contributed by atoms with van der Waals surface area (Å²) in [6, 6.07) is 9.99. The van der Waals surface area contributed by atoms with Crippen molar-refractivity contribution in [3.05, 3.63) is 47.1 Å². The average molecular weight is 311 g/mol. The topological polar surface area (TPSA) is 48.1 Å². The number of pyridine rings is 1. The van der Waals surface area contributed by atoms with Gasteiger partial charge in [-0.3, -0.25) is 4.98 Å². The predicted molar refractivity (Wildman–Crippen MR) is 83.8 cm³/mol. The molecule has 0 aliphatic heterocycles. The second kappa shape index (κ2) is 6.00. The van der Waals surface area contributed by atoms with Gasteiger partial charge in [0, 0.05) is 28.7 Å². The highest BCUT2D eigenvalue weighted by Crippen LogP contribution is 2.39. The van der Waals surface area contributed by atoms with Crippen LogP contribution < -0.4 is 10.5 Å². The maximum atomic E-state index is 6.07. The maximum Gasteiger partial charge on any atom is 0.121 e. The normalized spacial score (nSPS) is 20.1. The maximum absolute atomic E-state index is 6.07. The Bertz CT molecular complexity index is 601. The third-order valence-electron chi connectivity index (χ3n) is 3.46. The van der Waals surface area contributed by atoms with Gasteiger partial charge >= 0.3 is 0 Å². The largest absolute Gasteiger partial charge is 0.497 e. The van der Waals surface area contributed by atoms with E-state index < -0.39 is 0 Å². The fourth-order valence-electron chi connectivity index (χ4n) is 2.22. The molecule has 0 spiro atoms. The summed E-state index contributed by atoms with van der Waals surface area (Å²) < 4.78 is 5.21. The van der Waals surface area contributed by atoms with E-state index in [1.165, 1.54) is 5.56 Å². The van der Waals surface area contributed by atoms with E-state index in [1.54, 1.807) is 13.2 Å². The molecule has 1 aliphatic rings. The lowest BCUT2D eigenvalue weighted by Gasteiger charge is -2.06. The molecule has 1 fully saturated rings. The minimum absolute atomic E-state index is 0. The van der Waals surface area contributed by atoms with E-state index in [2.05, 4.69) is 11.1 Å². The van der Waals surface area contributed by atoms with Gasteiger partial charge in [-0.15, -0.1) is 12.4 Å². The molecule has 20 heavy (non-hydrogen) atoms. The second-order valence-corrected chi connectivity index (χ2v) is 5.30. The zero-order valence-corrected chi connectivity index (χ0v) is 12.6. The van der Waals surface area contributed by atoms with Gasteiger partial charge in [-0.25, -0.2) is 0 Å². The van der Waals surface area contributed by atoms with E-state index >= 15 is 0 Å². The Morgan fingerprint density at radius 1 is 1.30 bits per heavy atom. The Kier molecular flexibility index (Phi) is 4.53. The summed E-state index contributed by atoms with van der Waals surface area (Å²) in [5, 5.41) is 0.643. The van der Waals surface area contributed by atoms with Crippen molar-refractivity contribution in [2.75, 3.05) is 7.11 Å². The monoisotopic (exact) mass is 310 g/mol. The number of aromatic nitrogens is 1. The molecule has 0 saturated heterocycles. The second-order valence-electron chi connectivity index (χ2n) is 4.86. The molecule has 1 aromatic heterocycles. The number of ether oxygens (including phenoxy) is 1. The third kappa shape index (κ3) is 3.06. The Morgan fingerprint density at radius 2 is 2.05 bits per heavy atom. The van der Waals surface area contributed by atoms with Gasteiger partial charge in [0.1, 0.15) is 5.75 Å². The number of methoxy groups -OCH3 is 1. The summed E-state index contributed by atoms with van der Waals surface area (Å²) in [5.41, 5.74) is 8.90. The van der Waals surface area contributed by atoms with Gasteiger partial charge in [-0.05, 0) is 36.2 Å². The fourth-order valence-corrected chi connectivity index (χ4v) is 2.45. The minimum atomic E-state index is 0. The molecular weight excluding hydrogens is 295 g/mol. The summed E-state index contributed by atoms with van der Waals surface area (Å²) in [7, 11) is 1.63. The first-order valence-corrected chi connectivity index (χ1v) is 6.61. The Labute approximate surface area is 129 Å². The molecule has 0 bridgehead atoms. The van der Waals surface area contributed by atoms with E-state index in [9.17, 15) is 0 Å². The number of halogens is 2. The van der Waals surface area contributed by atoms with Crippen molar-refractivity contribution in [2.45, 2.75) is 18.4 Å². The Balaban J connectivity index is 0.00000147. The van der Waals surface area contributed by atoms with Crippen LogP contribution in [0.25, 0.3) is 11.3 Å². The van der Waals surface area contributed by atoms with E-state index in [0.29, 0.717) is 17.0 Å². The zero-order chi connectivity index (χ0) is 13.4. The Hall–Kier alpha value is -1.29. The van der Waals surface area contributed by atoms with Gasteiger partial charge in [0.05, 0.1) is 12.8 Å². The van der Waals surface area contributed by atoms with Gasteiger partial charge in [0.2, 0.25) is 0 Å². The van der Waals surface area contributed by atoms with Crippen LogP contribution in [0.15, 0.2) is 36.5 Å². The van der Waals surface area contributed by atoms with Crippen LogP contribution in [-0.4, -0.2) is 18.1 Å². The fraction of sp³-hybridized carbons (Fsp3) is 0.267. The van der Waals surface area contributed by atoms with Crippen LogP contribution in [-0.2, 0) is 0 Å². The first-order chi connectivity index (χ1) is 9.17. The highest BCUT2D eigenvalue weighted by Gasteiger charge is 2.34. The SMILES string of the molecule is COc1cc(Cl)cc(-c2ccc([C@@H]3C[C@H]3N)cn2)c1.Cl. The van der Waals surface area contributed by atoms with Crippen LogP contribution in [0.4, 0.5) is 0 Å². The van der Waals surface area contributed by atoms with Crippen LogP contribution >= 0.6 is 24.0 Å². The van der Waals surface area contributed by atoms with E-state index in [1.807, 2.05) is 24.4 Å². The molecule has 1 aliphatic carbocycles. The molecule has 5 heteroatoms. The van der Waals surface area contributed by atoms with Crippen molar-refractivity contribution in [3.63, 3.8) is 0 Å². The van der Waals surface area contributed by atoms with Crippen LogP contribution in [0.1, 0.15) is 17.9 Å². The molecule has 0 unspecified atom stereocenters. The van der Waals surface area contributed by atoms with E-state index in [0.717, 1.165) is 23.4 Å². The molecule has 1 aromatic carbocycles. The molecule has 106 valence electrons. The number of rotatable bonds is 3. The quantitative estimate of drug-likeness (QED) is 0.941. The lowest BCUT2D eigenvalue weighted by Crippen LogP contribution is -2.01. The van der Waals surface area contributed by atoms with Gasteiger partial charge < -0.3 is 10.5 Å². The number of nitrogens with two attached hydrogens (primary N) is 1. The molecule has 3 rings (SSSR count). The van der Waals surface area contributed by atoms with Crippen molar-refractivity contribution < 1.29 is 4.74 Å². The number of hydrogen-bond acceptors (Lipinski definition) is 3. The average Bonchev–Trinajstić information content (AvgIpc) is 3.15. The molecule has 2 N–H and O–H groups in total. The van der Waals surface area contributed by atoms with Gasteiger partial charge in [-0.2, -0.15) is 0 Å². The zero-order valence-electron chi connectivity index (χ0n) is 11.0. The molecule has 1 saturated carbocycles. The van der Waals surface area contributed by atoms with Crippen molar-refractivity contribution >= 4 is 24.0 Å². The van der Waals surface area contributed by atoms with Crippen molar-refractivity contribution in [2.24, 2.45) is 5.73 Å². The van der Waals surface area contributed by atoms with Crippen LogP contribution in [0, 0.1) is 0 Å². The summed E-state index contributed by atoms with van der Waals surface area (Å²) in [5.74, 6) is 1.22. The van der Waals surface area contributed by atoms with Gasteiger partial charge in [-0.1, -0.05) is 17.7 Å². The molecule has 0 radical (unpaired) electrons. The number of nitrogens with zero attached hydrogens (tertiary/aromatic N) is 1. The Morgan fingerprint density at radius 3 is 2.60 bits per heavy atom. The van der Waals surface area contributed by atoms with Crippen LogP contribution in [0.5, 0.6) is 5.75 Å². The van der Waals surface area contributed by atoms with Crippen molar-refractivity contribution in [3.8, 4) is 17.0 Å². The first-order valence-electron chi connectivity index (χ1n) is 6.24. The highest BCUT2D eigenvalue weighted by molar-refractivity contribution is 6.31. The molecule has 1 heterocycles. The highest BCUT2D eigenvalue weighted by atomic mass is 35.5. The first kappa shape index (κ1) is 15.1. The third-order valence-corrected chi connectivity index (χ3v) is 3.68. The minimum Gasteiger partial charge on any atom is -0.497 e. The van der Waals surface area contributed by atoms with Crippen LogP contribution in [0.3, 0.4) is 0 Å². The predicted octanol–water partition coefficient (Wildman–Crippen LogP) is 3.65. The molecule has 2 atom stereocenters. The van der Waals surface area contributed by atoms with Crippen molar-refractivity contribution in [1.29, 1.82) is 0 Å². The van der Waals surface area contributed by atoms with E-state index in [-0.39, 0.29) is 12.4 Å². The van der Waals surface area contributed by atoms with Crippen molar-refractivity contribution in [1.82, 2.24) is 4.98 Å². The number of benzene rings is 1.